The molecule has 2 nitrogen and oxygen atoms in total. The third-order valence-electron chi connectivity index (χ3n) is 4.10. The van der Waals surface area contributed by atoms with Gasteiger partial charge in [0, 0.05) is 37.8 Å². The zero-order valence-electron chi connectivity index (χ0n) is 13.2. The van der Waals surface area contributed by atoms with Crippen LogP contribution in [0.3, 0.4) is 0 Å². The number of benzene rings is 2. The van der Waals surface area contributed by atoms with Gasteiger partial charge in [0.25, 0.3) is 0 Å². The standard InChI is InChI=1S/C21H14ClIN2/c22-17-5-1-15(2-6-17)20-13-19(14-3-7-18(23)8-4-14)21(25-20)16-9-11-24-12-10-16/h1-13,25H. The Hall–Kier alpha value is -2.11. The maximum Gasteiger partial charge on any atom is 0.0539 e. The fourth-order valence-electron chi connectivity index (χ4n) is 2.84. The highest BCUT2D eigenvalue weighted by atomic mass is 127. The average molecular weight is 457 g/mol. The fraction of sp³-hybridized carbons (Fsp3) is 0. The van der Waals surface area contributed by atoms with Crippen LogP contribution in [0.2, 0.25) is 5.02 Å². The molecular weight excluding hydrogens is 443 g/mol. The van der Waals surface area contributed by atoms with Crippen LogP contribution in [0.5, 0.6) is 0 Å². The third kappa shape index (κ3) is 3.48. The van der Waals surface area contributed by atoms with Crippen molar-refractivity contribution in [3.05, 3.63) is 87.7 Å². The summed E-state index contributed by atoms with van der Waals surface area (Å²) in [5.74, 6) is 0. The molecule has 0 saturated heterocycles. The number of aromatic nitrogens is 2. The van der Waals surface area contributed by atoms with Gasteiger partial charge in [0.05, 0.1) is 5.69 Å². The van der Waals surface area contributed by atoms with Crippen LogP contribution < -0.4 is 0 Å². The van der Waals surface area contributed by atoms with Gasteiger partial charge in [-0.15, -0.1) is 0 Å². The van der Waals surface area contributed by atoms with E-state index in [0.717, 1.165) is 27.5 Å². The summed E-state index contributed by atoms with van der Waals surface area (Å²) in [4.78, 5) is 7.70. The van der Waals surface area contributed by atoms with Crippen LogP contribution in [0, 0.1) is 3.57 Å². The minimum Gasteiger partial charge on any atom is -0.354 e. The third-order valence-corrected chi connectivity index (χ3v) is 5.07. The molecule has 0 aliphatic heterocycles. The van der Waals surface area contributed by atoms with Crippen molar-refractivity contribution >= 4 is 34.2 Å². The van der Waals surface area contributed by atoms with Gasteiger partial charge in [0.15, 0.2) is 0 Å². The van der Waals surface area contributed by atoms with E-state index in [-0.39, 0.29) is 0 Å². The minimum atomic E-state index is 0.738. The summed E-state index contributed by atoms with van der Waals surface area (Å²) in [6.45, 7) is 0. The number of hydrogen-bond acceptors (Lipinski definition) is 1. The van der Waals surface area contributed by atoms with E-state index in [1.807, 2.05) is 48.8 Å². The molecule has 0 radical (unpaired) electrons. The molecule has 122 valence electrons. The Morgan fingerprint density at radius 3 is 2.08 bits per heavy atom. The molecule has 4 rings (SSSR count). The zero-order valence-corrected chi connectivity index (χ0v) is 16.1. The van der Waals surface area contributed by atoms with Gasteiger partial charge in [-0.3, -0.25) is 4.98 Å². The monoisotopic (exact) mass is 456 g/mol. The molecule has 0 atom stereocenters. The topological polar surface area (TPSA) is 28.7 Å². The van der Waals surface area contributed by atoms with Crippen molar-refractivity contribution in [2.45, 2.75) is 0 Å². The van der Waals surface area contributed by atoms with Crippen LogP contribution >= 0.6 is 34.2 Å². The van der Waals surface area contributed by atoms with E-state index in [1.54, 1.807) is 0 Å². The van der Waals surface area contributed by atoms with Gasteiger partial charge < -0.3 is 4.98 Å². The van der Waals surface area contributed by atoms with Crippen LogP contribution in [0.25, 0.3) is 33.6 Å². The fourth-order valence-corrected chi connectivity index (χ4v) is 3.33. The number of aromatic amines is 1. The summed E-state index contributed by atoms with van der Waals surface area (Å²) < 4.78 is 1.22. The van der Waals surface area contributed by atoms with Crippen molar-refractivity contribution in [1.29, 1.82) is 0 Å². The van der Waals surface area contributed by atoms with E-state index < -0.39 is 0 Å². The minimum absolute atomic E-state index is 0.738. The predicted octanol–water partition coefficient (Wildman–Crippen LogP) is 6.67. The second kappa shape index (κ2) is 7.02. The molecule has 1 N–H and O–H groups in total. The van der Waals surface area contributed by atoms with Crippen molar-refractivity contribution in [3.8, 4) is 33.6 Å². The van der Waals surface area contributed by atoms with Crippen LogP contribution in [-0.4, -0.2) is 9.97 Å². The van der Waals surface area contributed by atoms with E-state index in [1.165, 1.54) is 14.7 Å². The number of nitrogens with zero attached hydrogens (tertiary/aromatic N) is 1. The smallest absolute Gasteiger partial charge is 0.0539 e. The summed E-state index contributed by atoms with van der Waals surface area (Å²) in [6.07, 6.45) is 3.63. The highest BCUT2D eigenvalue weighted by molar-refractivity contribution is 14.1. The quantitative estimate of drug-likeness (QED) is 0.343. The Morgan fingerprint density at radius 2 is 1.40 bits per heavy atom. The molecule has 0 saturated carbocycles. The molecule has 2 aromatic heterocycles. The first-order valence-electron chi connectivity index (χ1n) is 7.86. The van der Waals surface area contributed by atoms with Gasteiger partial charge in [-0.2, -0.15) is 0 Å². The Morgan fingerprint density at radius 1 is 0.760 bits per heavy atom. The van der Waals surface area contributed by atoms with Gasteiger partial charge in [-0.05, 0) is 76.2 Å². The van der Waals surface area contributed by atoms with E-state index in [9.17, 15) is 0 Å². The van der Waals surface area contributed by atoms with E-state index in [4.69, 9.17) is 11.6 Å². The van der Waals surface area contributed by atoms with Crippen LogP contribution in [0.1, 0.15) is 0 Å². The number of halogens is 2. The number of pyridine rings is 1. The van der Waals surface area contributed by atoms with E-state index in [0.29, 0.717) is 0 Å². The molecule has 2 aromatic carbocycles. The molecule has 4 aromatic rings. The molecule has 4 heteroatoms. The largest absolute Gasteiger partial charge is 0.354 e. The van der Waals surface area contributed by atoms with Gasteiger partial charge in [-0.1, -0.05) is 35.9 Å². The number of H-pyrrole nitrogens is 1. The van der Waals surface area contributed by atoms with E-state index >= 15 is 0 Å². The van der Waals surface area contributed by atoms with Crippen molar-refractivity contribution in [2.24, 2.45) is 0 Å². The summed E-state index contributed by atoms with van der Waals surface area (Å²) in [7, 11) is 0. The van der Waals surface area contributed by atoms with Gasteiger partial charge in [0.1, 0.15) is 0 Å². The highest BCUT2D eigenvalue weighted by Crippen LogP contribution is 2.36. The zero-order chi connectivity index (χ0) is 17.2. The average Bonchev–Trinajstić information content (AvgIpc) is 3.09. The normalized spacial score (nSPS) is 10.8. The molecule has 0 aliphatic carbocycles. The first-order valence-corrected chi connectivity index (χ1v) is 9.32. The van der Waals surface area contributed by atoms with Crippen molar-refractivity contribution < 1.29 is 0 Å². The molecule has 0 aliphatic rings. The van der Waals surface area contributed by atoms with Gasteiger partial charge in [0.2, 0.25) is 0 Å². The Bertz CT molecular complexity index is 991. The Labute approximate surface area is 165 Å². The molecule has 0 fully saturated rings. The maximum atomic E-state index is 6.02. The SMILES string of the molecule is Clc1ccc(-c2cc(-c3ccc(I)cc3)c(-c3ccncc3)[nH]2)cc1. The lowest BCUT2D eigenvalue weighted by atomic mass is 10.0. The molecule has 0 bridgehead atoms. The number of rotatable bonds is 3. The number of hydrogen-bond donors (Lipinski definition) is 1. The molecule has 2 heterocycles. The lowest BCUT2D eigenvalue weighted by Crippen LogP contribution is -1.83. The Kier molecular flexibility index (Phi) is 4.59. The lowest BCUT2D eigenvalue weighted by Gasteiger charge is -2.04. The predicted molar refractivity (Wildman–Crippen MR) is 113 cm³/mol. The second-order valence-corrected chi connectivity index (χ2v) is 7.40. The van der Waals surface area contributed by atoms with Crippen LogP contribution in [0.4, 0.5) is 0 Å². The van der Waals surface area contributed by atoms with Crippen molar-refractivity contribution in [1.82, 2.24) is 9.97 Å². The van der Waals surface area contributed by atoms with Gasteiger partial charge >= 0.3 is 0 Å². The highest BCUT2D eigenvalue weighted by Gasteiger charge is 2.13. The van der Waals surface area contributed by atoms with Crippen LogP contribution in [-0.2, 0) is 0 Å². The van der Waals surface area contributed by atoms with Crippen molar-refractivity contribution in [2.75, 3.05) is 0 Å². The summed E-state index contributed by atoms with van der Waals surface area (Å²) >= 11 is 8.35. The molecule has 0 amide bonds. The molecule has 0 spiro atoms. The first kappa shape index (κ1) is 16.4. The maximum absolute atomic E-state index is 6.02. The summed E-state index contributed by atoms with van der Waals surface area (Å²) in [5, 5.41) is 0.738. The van der Waals surface area contributed by atoms with E-state index in [2.05, 4.69) is 62.9 Å². The molecule has 25 heavy (non-hydrogen) atoms. The Balaban J connectivity index is 1.89. The van der Waals surface area contributed by atoms with Crippen LogP contribution in [0.15, 0.2) is 79.1 Å². The number of nitrogens with one attached hydrogen (secondary N) is 1. The lowest BCUT2D eigenvalue weighted by molar-refractivity contribution is 1.31. The first-order chi connectivity index (χ1) is 12.2. The molecular formula is C21H14ClIN2. The summed E-state index contributed by atoms with van der Waals surface area (Å²) in [5.41, 5.74) is 6.74. The summed E-state index contributed by atoms with van der Waals surface area (Å²) in [6, 6.07) is 22.7. The van der Waals surface area contributed by atoms with Crippen molar-refractivity contribution in [3.63, 3.8) is 0 Å². The van der Waals surface area contributed by atoms with Gasteiger partial charge in [-0.25, -0.2) is 0 Å². The second-order valence-electron chi connectivity index (χ2n) is 5.72. The molecule has 0 unspecified atom stereocenters.